The summed E-state index contributed by atoms with van der Waals surface area (Å²) in [5, 5.41) is 12.8. The number of benzene rings is 4. The molecule has 232 valence electrons. The third kappa shape index (κ3) is 7.19. The first kappa shape index (κ1) is 30.4. The van der Waals surface area contributed by atoms with Crippen LogP contribution in [-0.2, 0) is 10.2 Å². The average molecular weight is 604 g/mol. The maximum atomic E-state index is 13.4. The highest BCUT2D eigenvalue weighted by atomic mass is 16.5. The van der Waals surface area contributed by atoms with Crippen LogP contribution in [0.1, 0.15) is 43.7 Å². The highest BCUT2D eigenvalue weighted by Gasteiger charge is 2.23. The fourth-order valence-electron chi connectivity index (χ4n) is 5.56. The van der Waals surface area contributed by atoms with Crippen LogP contribution in [-0.4, -0.2) is 53.6 Å². The molecule has 5 aromatic rings. The van der Waals surface area contributed by atoms with E-state index in [1.165, 1.54) is 5.56 Å². The molecule has 2 amide bonds. The van der Waals surface area contributed by atoms with Crippen molar-refractivity contribution in [3.63, 3.8) is 0 Å². The minimum Gasteiger partial charge on any atom is -0.492 e. The van der Waals surface area contributed by atoms with Crippen LogP contribution < -0.4 is 15.4 Å². The zero-order valence-electron chi connectivity index (χ0n) is 26.4. The molecule has 6 rings (SSSR count). The number of rotatable bonds is 8. The van der Waals surface area contributed by atoms with E-state index in [1.54, 1.807) is 4.68 Å². The number of aromatic nitrogens is 2. The van der Waals surface area contributed by atoms with Crippen molar-refractivity contribution in [2.75, 3.05) is 43.5 Å². The zero-order chi connectivity index (χ0) is 31.4. The number of hydrogen-bond acceptors (Lipinski definition) is 5. The van der Waals surface area contributed by atoms with Crippen LogP contribution >= 0.6 is 0 Å². The molecule has 8 nitrogen and oxygen atoms in total. The molecule has 0 radical (unpaired) electrons. The van der Waals surface area contributed by atoms with Gasteiger partial charge in [0.15, 0.2) is 0 Å². The summed E-state index contributed by atoms with van der Waals surface area (Å²) >= 11 is 0. The van der Waals surface area contributed by atoms with Gasteiger partial charge in [-0.3, -0.25) is 10.2 Å². The van der Waals surface area contributed by atoms with Gasteiger partial charge < -0.3 is 14.8 Å². The second-order valence-electron chi connectivity index (χ2n) is 12.6. The standard InChI is InChI=1S/C37H41N5O3/c1-26-14-16-28(17-15-26)42-35(24-34(40-42)37(2,3)4)39-36(43)38-31-18-19-32(30-13-9-8-12-29(30)31)44-22-20-41-21-23-45-33(25-41)27-10-6-5-7-11-27/h5-19,24,33H,20-23,25H2,1-4H3,(H2,38,39,43). The number of urea groups is 1. The van der Waals surface area contributed by atoms with E-state index in [4.69, 9.17) is 14.6 Å². The smallest absolute Gasteiger partial charge is 0.324 e. The maximum absolute atomic E-state index is 13.4. The maximum Gasteiger partial charge on any atom is 0.324 e. The molecule has 1 fully saturated rings. The van der Waals surface area contributed by atoms with Crippen molar-refractivity contribution >= 4 is 28.3 Å². The molecule has 45 heavy (non-hydrogen) atoms. The molecular formula is C37H41N5O3. The van der Waals surface area contributed by atoms with Crippen molar-refractivity contribution in [1.82, 2.24) is 14.7 Å². The summed E-state index contributed by atoms with van der Waals surface area (Å²) in [7, 11) is 0. The Kier molecular flexibility index (Phi) is 8.87. The Hall–Kier alpha value is -4.66. The van der Waals surface area contributed by atoms with Crippen molar-refractivity contribution in [2.45, 2.75) is 39.2 Å². The van der Waals surface area contributed by atoms with Gasteiger partial charge in [-0.1, -0.05) is 93.1 Å². The van der Waals surface area contributed by atoms with Gasteiger partial charge in [-0.2, -0.15) is 5.10 Å². The van der Waals surface area contributed by atoms with Gasteiger partial charge in [0, 0.05) is 41.9 Å². The normalized spacial score (nSPS) is 15.6. The zero-order valence-corrected chi connectivity index (χ0v) is 26.4. The highest BCUT2D eigenvalue weighted by Crippen LogP contribution is 2.32. The summed E-state index contributed by atoms with van der Waals surface area (Å²) in [6.45, 7) is 12.1. The molecule has 0 aliphatic carbocycles. The second-order valence-corrected chi connectivity index (χ2v) is 12.6. The summed E-state index contributed by atoms with van der Waals surface area (Å²) in [4.78, 5) is 15.8. The fourth-order valence-corrected chi connectivity index (χ4v) is 5.56. The Balaban J connectivity index is 1.14. The predicted molar refractivity (Wildman–Crippen MR) is 181 cm³/mol. The number of carbonyl (C=O) groups is 1. The Morgan fingerprint density at radius 3 is 2.42 bits per heavy atom. The molecule has 4 aromatic carbocycles. The summed E-state index contributed by atoms with van der Waals surface area (Å²) in [6.07, 6.45) is 0.0767. The van der Waals surface area contributed by atoms with E-state index in [9.17, 15) is 4.79 Å². The molecule has 1 saturated heterocycles. The lowest BCUT2D eigenvalue weighted by Crippen LogP contribution is -2.40. The molecule has 1 unspecified atom stereocenters. The van der Waals surface area contributed by atoms with E-state index < -0.39 is 0 Å². The lowest BCUT2D eigenvalue weighted by atomic mass is 9.92. The number of anilines is 2. The number of fused-ring (bicyclic) bond motifs is 1. The van der Waals surface area contributed by atoms with Crippen LogP contribution in [0.25, 0.3) is 16.5 Å². The Morgan fingerprint density at radius 1 is 0.933 bits per heavy atom. The quantitative estimate of drug-likeness (QED) is 0.190. The molecular weight excluding hydrogens is 562 g/mol. The Bertz CT molecular complexity index is 1760. The summed E-state index contributed by atoms with van der Waals surface area (Å²) in [6, 6.07) is 31.8. The van der Waals surface area contributed by atoms with Crippen molar-refractivity contribution in [2.24, 2.45) is 0 Å². The largest absolute Gasteiger partial charge is 0.492 e. The van der Waals surface area contributed by atoms with Gasteiger partial charge in [0.05, 0.1) is 29.8 Å². The lowest BCUT2D eigenvalue weighted by molar-refractivity contribution is -0.0328. The summed E-state index contributed by atoms with van der Waals surface area (Å²) < 4.78 is 14.1. The van der Waals surface area contributed by atoms with Gasteiger partial charge in [0.1, 0.15) is 18.2 Å². The first-order chi connectivity index (χ1) is 21.7. The van der Waals surface area contributed by atoms with E-state index >= 15 is 0 Å². The Labute approximate surface area is 265 Å². The number of ether oxygens (including phenoxy) is 2. The monoisotopic (exact) mass is 603 g/mol. The van der Waals surface area contributed by atoms with Crippen LogP contribution in [0.15, 0.2) is 97.1 Å². The number of amides is 2. The van der Waals surface area contributed by atoms with Crippen LogP contribution in [0.3, 0.4) is 0 Å². The number of hydrogen-bond donors (Lipinski definition) is 2. The van der Waals surface area contributed by atoms with Crippen LogP contribution in [0.2, 0.25) is 0 Å². The van der Waals surface area contributed by atoms with Crippen LogP contribution in [0.4, 0.5) is 16.3 Å². The molecule has 0 saturated carbocycles. The third-order valence-electron chi connectivity index (χ3n) is 8.12. The summed E-state index contributed by atoms with van der Waals surface area (Å²) in [5.74, 6) is 1.39. The number of carbonyl (C=O) groups excluding carboxylic acids is 1. The van der Waals surface area contributed by atoms with Gasteiger partial charge in [0.25, 0.3) is 0 Å². The number of aryl methyl sites for hydroxylation is 1. The van der Waals surface area contributed by atoms with Crippen molar-refractivity contribution in [3.05, 3.63) is 114 Å². The minimum atomic E-state index is -0.345. The molecule has 0 spiro atoms. The number of morpholine rings is 1. The molecule has 2 heterocycles. The lowest BCUT2D eigenvalue weighted by Gasteiger charge is -2.33. The van der Waals surface area contributed by atoms with Crippen molar-refractivity contribution in [1.29, 1.82) is 0 Å². The van der Waals surface area contributed by atoms with E-state index in [1.807, 2.05) is 79.7 Å². The van der Waals surface area contributed by atoms with Crippen LogP contribution in [0, 0.1) is 6.92 Å². The third-order valence-corrected chi connectivity index (χ3v) is 8.12. The molecule has 1 atom stereocenters. The van der Waals surface area contributed by atoms with Crippen LogP contribution in [0.5, 0.6) is 5.75 Å². The first-order valence-corrected chi connectivity index (χ1v) is 15.5. The molecule has 0 bridgehead atoms. The minimum absolute atomic E-state index is 0.0767. The highest BCUT2D eigenvalue weighted by molar-refractivity contribution is 6.07. The molecule has 1 aromatic heterocycles. The molecule has 1 aliphatic heterocycles. The van der Waals surface area contributed by atoms with E-state index in [2.05, 4.69) is 60.6 Å². The van der Waals surface area contributed by atoms with Crippen molar-refractivity contribution in [3.8, 4) is 11.4 Å². The molecule has 2 N–H and O–H groups in total. The Morgan fingerprint density at radius 2 is 1.67 bits per heavy atom. The molecule has 8 heteroatoms. The number of nitrogens with one attached hydrogen (secondary N) is 2. The van der Waals surface area contributed by atoms with E-state index in [-0.39, 0.29) is 17.6 Å². The van der Waals surface area contributed by atoms with E-state index in [0.29, 0.717) is 24.7 Å². The SMILES string of the molecule is Cc1ccc(-n2nc(C(C)(C)C)cc2NC(=O)Nc2ccc(OCCN3CCOC(c4ccccc4)C3)c3ccccc23)cc1. The number of nitrogens with zero attached hydrogens (tertiary/aromatic N) is 3. The van der Waals surface area contributed by atoms with Crippen molar-refractivity contribution < 1.29 is 14.3 Å². The summed E-state index contributed by atoms with van der Waals surface area (Å²) in [5.41, 5.74) is 4.65. The average Bonchev–Trinajstić information content (AvgIpc) is 3.47. The van der Waals surface area contributed by atoms with Gasteiger partial charge in [-0.05, 0) is 36.8 Å². The topological polar surface area (TPSA) is 80.7 Å². The predicted octanol–water partition coefficient (Wildman–Crippen LogP) is 7.73. The van der Waals surface area contributed by atoms with Gasteiger partial charge >= 0.3 is 6.03 Å². The molecule has 1 aliphatic rings. The van der Waals surface area contributed by atoms with Gasteiger partial charge in [-0.15, -0.1) is 0 Å². The first-order valence-electron chi connectivity index (χ1n) is 15.5. The van der Waals surface area contributed by atoms with Gasteiger partial charge in [0.2, 0.25) is 0 Å². The fraction of sp³-hybridized carbons (Fsp3) is 0.297. The van der Waals surface area contributed by atoms with E-state index in [0.717, 1.165) is 53.1 Å². The second kappa shape index (κ2) is 13.1. The van der Waals surface area contributed by atoms with Gasteiger partial charge in [-0.25, -0.2) is 9.48 Å².